The van der Waals surface area contributed by atoms with E-state index in [4.69, 9.17) is 4.74 Å². The smallest absolute Gasteiger partial charge is 0.0936 e. The molecule has 62 valence electrons. The molecule has 0 saturated carbocycles. The molecule has 0 spiro atoms. The molecule has 1 aliphatic rings. The van der Waals surface area contributed by atoms with Crippen LogP contribution in [0, 0.1) is 0 Å². The van der Waals surface area contributed by atoms with E-state index in [0.29, 0.717) is 0 Å². The van der Waals surface area contributed by atoms with Gasteiger partial charge in [0.25, 0.3) is 0 Å². The first-order chi connectivity index (χ1) is 5.36. The third-order valence-electron chi connectivity index (χ3n) is 1.63. The van der Waals surface area contributed by atoms with Gasteiger partial charge >= 0.3 is 0 Å². The third kappa shape index (κ3) is 2.27. The van der Waals surface area contributed by atoms with Crippen LogP contribution in [0.3, 0.4) is 0 Å². The number of nitrogens with zero attached hydrogens (tertiary/aromatic N) is 2. The summed E-state index contributed by atoms with van der Waals surface area (Å²) in [6, 6.07) is 0. The van der Waals surface area contributed by atoms with Gasteiger partial charge in [-0.15, -0.1) is 0 Å². The maximum absolute atomic E-state index is 4.95. The summed E-state index contributed by atoms with van der Waals surface area (Å²) in [6.45, 7) is 6.28. The molecule has 11 heavy (non-hydrogen) atoms. The van der Waals surface area contributed by atoms with Crippen molar-refractivity contribution in [1.82, 2.24) is 9.80 Å². The maximum atomic E-state index is 4.95. The lowest BCUT2D eigenvalue weighted by Gasteiger charge is -2.17. The Kier molecular flexibility index (Phi) is 2.98. The molecule has 0 amide bonds. The molecule has 0 aromatic heterocycles. The summed E-state index contributed by atoms with van der Waals surface area (Å²) in [7, 11) is 1.71. The van der Waals surface area contributed by atoms with Gasteiger partial charge in [-0.2, -0.15) is 0 Å². The molecule has 0 aromatic rings. The van der Waals surface area contributed by atoms with Gasteiger partial charge in [0.05, 0.1) is 13.3 Å². The number of rotatable bonds is 4. The van der Waals surface area contributed by atoms with Crippen LogP contribution in [0.2, 0.25) is 0 Å². The van der Waals surface area contributed by atoms with E-state index in [2.05, 4.69) is 11.5 Å². The van der Waals surface area contributed by atoms with Crippen LogP contribution in [-0.4, -0.2) is 36.7 Å². The second kappa shape index (κ2) is 4.03. The highest BCUT2D eigenvalue weighted by atomic mass is 16.5. The van der Waals surface area contributed by atoms with Gasteiger partial charge in [0, 0.05) is 26.1 Å². The Morgan fingerprint density at radius 3 is 3.00 bits per heavy atom. The van der Waals surface area contributed by atoms with Crippen LogP contribution in [0.4, 0.5) is 0 Å². The molecule has 3 heteroatoms. The van der Waals surface area contributed by atoms with Gasteiger partial charge in [-0.3, -0.25) is 0 Å². The quantitative estimate of drug-likeness (QED) is 0.596. The van der Waals surface area contributed by atoms with Crippen molar-refractivity contribution in [1.29, 1.82) is 0 Å². The van der Waals surface area contributed by atoms with Gasteiger partial charge in [0.1, 0.15) is 0 Å². The van der Waals surface area contributed by atoms with Crippen molar-refractivity contribution in [3.63, 3.8) is 0 Å². The molecule has 3 nitrogen and oxygen atoms in total. The zero-order valence-corrected chi connectivity index (χ0v) is 6.86. The fourth-order valence-electron chi connectivity index (χ4n) is 0.956. The summed E-state index contributed by atoms with van der Waals surface area (Å²) in [6.07, 6.45) is 5.85. The Morgan fingerprint density at radius 2 is 2.45 bits per heavy atom. The molecule has 0 aromatic carbocycles. The van der Waals surface area contributed by atoms with Crippen molar-refractivity contribution in [2.45, 2.75) is 0 Å². The minimum absolute atomic E-state index is 0.773. The predicted molar refractivity (Wildman–Crippen MR) is 44.6 cm³/mol. The van der Waals surface area contributed by atoms with Crippen molar-refractivity contribution in [3.05, 3.63) is 25.2 Å². The highest BCUT2D eigenvalue weighted by molar-refractivity contribution is 4.94. The van der Waals surface area contributed by atoms with E-state index in [0.717, 1.165) is 19.8 Å². The second-order valence-electron chi connectivity index (χ2n) is 2.44. The van der Waals surface area contributed by atoms with Crippen LogP contribution in [0.5, 0.6) is 0 Å². The Labute approximate surface area is 67.5 Å². The molecule has 0 aliphatic carbocycles. The minimum Gasteiger partial charge on any atom is -0.383 e. The van der Waals surface area contributed by atoms with Crippen LogP contribution in [0.1, 0.15) is 0 Å². The number of hydrogen-bond donors (Lipinski definition) is 0. The standard InChI is InChI=1S/C8H14N2O/c1-3-9-4-5-10(8-9)6-7-11-2/h3-5H,1,6-8H2,2H3. The predicted octanol–water partition coefficient (Wildman–Crippen LogP) is 0.823. The van der Waals surface area contributed by atoms with Crippen molar-refractivity contribution in [2.24, 2.45) is 0 Å². The Hall–Kier alpha value is -0.960. The van der Waals surface area contributed by atoms with E-state index >= 15 is 0 Å². The van der Waals surface area contributed by atoms with Crippen LogP contribution in [-0.2, 0) is 4.74 Å². The third-order valence-corrected chi connectivity index (χ3v) is 1.63. The van der Waals surface area contributed by atoms with Gasteiger partial charge in [-0.05, 0) is 6.20 Å². The first-order valence-electron chi connectivity index (χ1n) is 3.66. The second-order valence-corrected chi connectivity index (χ2v) is 2.44. The average molecular weight is 154 g/mol. The van der Waals surface area contributed by atoms with Crippen molar-refractivity contribution >= 4 is 0 Å². The van der Waals surface area contributed by atoms with Crippen LogP contribution in [0.25, 0.3) is 0 Å². The lowest BCUT2D eigenvalue weighted by Crippen LogP contribution is -2.24. The van der Waals surface area contributed by atoms with Crippen LogP contribution >= 0.6 is 0 Å². The van der Waals surface area contributed by atoms with E-state index in [9.17, 15) is 0 Å². The molecule has 0 N–H and O–H groups in total. The lowest BCUT2D eigenvalue weighted by molar-refractivity contribution is 0.163. The molecule has 0 unspecified atom stereocenters. The Balaban J connectivity index is 2.20. The summed E-state index contributed by atoms with van der Waals surface area (Å²) in [5.74, 6) is 0. The van der Waals surface area contributed by atoms with E-state index < -0.39 is 0 Å². The SMILES string of the molecule is C=CN1C=CN(CCOC)C1. The van der Waals surface area contributed by atoms with Gasteiger partial charge in [0.15, 0.2) is 0 Å². The molecule has 1 aliphatic heterocycles. The number of hydrogen-bond acceptors (Lipinski definition) is 3. The number of methoxy groups -OCH3 is 1. The van der Waals surface area contributed by atoms with Crippen LogP contribution < -0.4 is 0 Å². The molecular formula is C8H14N2O. The highest BCUT2D eigenvalue weighted by Crippen LogP contribution is 2.04. The topological polar surface area (TPSA) is 15.7 Å². The fraction of sp³-hybridized carbons (Fsp3) is 0.500. The molecule has 0 saturated heterocycles. The maximum Gasteiger partial charge on any atom is 0.0936 e. The van der Waals surface area contributed by atoms with Crippen molar-refractivity contribution < 1.29 is 4.74 Å². The molecule has 0 bridgehead atoms. The summed E-state index contributed by atoms with van der Waals surface area (Å²) in [5, 5.41) is 0. The first kappa shape index (κ1) is 8.14. The van der Waals surface area contributed by atoms with E-state index in [1.54, 1.807) is 7.11 Å². The number of ether oxygens (including phenoxy) is 1. The molecule has 1 heterocycles. The summed E-state index contributed by atoms with van der Waals surface area (Å²) in [4.78, 5) is 4.20. The normalized spacial score (nSPS) is 16.1. The summed E-state index contributed by atoms with van der Waals surface area (Å²) >= 11 is 0. The molecule has 1 rings (SSSR count). The van der Waals surface area contributed by atoms with Gasteiger partial charge < -0.3 is 14.5 Å². The monoisotopic (exact) mass is 154 g/mol. The summed E-state index contributed by atoms with van der Waals surface area (Å²) < 4.78 is 4.95. The molecule has 0 atom stereocenters. The average Bonchev–Trinajstić information content (AvgIpc) is 2.48. The first-order valence-corrected chi connectivity index (χ1v) is 3.66. The zero-order chi connectivity index (χ0) is 8.10. The Bertz CT molecular complexity index is 156. The Morgan fingerprint density at radius 1 is 1.64 bits per heavy atom. The molecule has 0 radical (unpaired) electrons. The fourth-order valence-corrected chi connectivity index (χ4v) is 0.956. The summed E-state index contributed by atoms with van der Waals surface area (Å²) in [5.41, 5.74) is 0. The van der Waals surface area contributed by atoms with E-state index in [-0.39, 0.29) is 0 Å². The molecular weight excluding hydrogens is 140 g/mol. The van der Waals surface area contributed by atoms with Crippen LogP contribution in [0.15, 0.2) is 25.2 Å². The van der Waals surface area contributed by atoms with Gasteiger partial charge in [-0.1, -0.05) is 6.58 Å². The largest absolute Gasteiger partial charge is 0.383 e. The molecule has 0 fully saturated rings. The van der Waals surface area contributed by atoms with E-state index in [1.807, 2.05) is 23.5 Å². The van der Waals surface area contributed by atoms with Crippen molar-refractivity contribution in [2.75, 3.05) is 26.9 Å². The van der Waals surface area contributed by atoms with E-state index in [1.165, 1.54) is 0 Å². The minimum atomic E-state index is 0.773. The van der Waals surface area contributed by atoms with Gasteiger partial charge in [-0.25, -0.2) is 0 Å². The zero-order valence-electron chi connectivity index (χ0n) is 6.86. The lowest BCUT2D eigenvalue weighted by atomic mass is 10.6. The highest BCUT2D eigenvalue weighted by Gasteiger charge is 2.07. The van der Waals surface area contributed by atoms with Gasteiger partial charge in [0.2, 0.25) is 0 Å². The van der Waals surface area contributed by atoms with Crippen molar-refractivity contribution in [3.8, 4) is 0 Å².